The number of nitrogens with zero attached hydrogens (tertiary/aromatic N) is 2. The molecule has 2 aromatic carbocycles. The van der Waals surface area contributed by atoms with Gasteiger partial charge in [-0.25, -0.2) is 9.37 Å². The molecule has 102 valence electrons. The molecule has 0 fully saturated rings. The minimum Gasteiger partial charge on any atom is -0.369 e. The van der Waals surface area contributed by atoms with Crippen LogP contribution in [0, 0.1) is 9.39 Å². The molecule has 0 spiro atoms. The molecule has 3 rings (SSSR count). The van der Waals surface area contributed by atoms with Crippen LogP contribution in [0.1, 0.15) is 0 Å². The fourth-order valence-corrected chi connectivity index (χ4v) is 3.19. The monoisotopic (exact) mass is 399 g/mol. The highest BCUT2D eigenvalue weighted by molar-refractivity contribution is 14.1. The van der Waals surface area contributed by atoms with Gasteiger partial charge in [-0.05, 0) is 47.0 Å². The van der Waals surface area contributed by atoms with Gasteiger partial charge in [0.15, 0.2) is 0 Å². The number of nitrogen functional groups attached to an aromatic ring is 1. The normalized spacial score (nSPS) is 11.2. The topological polar surface area (TPSA) is 43.8 Å². The minimum atomic E-state index is -0.263. The summed E-state index contributed by atoms with van der Waals surface area (Å²) in [5, 5.41) is 0. The maximum absolute atomic E-state index is 13.8. The molecular formula is C14H11FIN3S. The fraction of sp³-hybridized carbons (Fsp3) is 0.0714. The molecule has 0 aliphatic carbocycles. The number of halogens is 2. The average molecular weight is 399 g/mol. The highest BCUT2D eigenvalue weighted by Crippen LogP contribution is 2.31. The molecule has 6 heteroatoms. The third kappa shape index (κ3) is 2.16. The molecule has 0 amide bonds. The van der Waals surface area contributed by atoms with E-state index in [-0.39, 0.29) is 5.82 Å². The van der Waals surface area contributed by atoms with Crippen LogP contribution < -0.4 is 5.73 Å². The van der Waals surface area contributed by atoms with Crippen molar-refractivity contribution in [2.75, 3.05) is 12.0 Å². The molecular weight excluding hydrogens is 388 g/mol. The molecule has 3 aromatic rings. The van der Waals surface area contributed by atoms with Crippen LogP contribution in [0.25, 0.3) is 16.7 Å². The Hall–Kier alpha value is -1.28. The van der Waals surface area contributed by atoms with Crippen LogP contribution in [0.3, 0.4) is 0 Å². The summed E-state index contributed by atoms with van der Waals surface area (Å²) in [6.45, 7) is 0. The third-order valence-corrected chi connectivity index (χ3v) is 4.66. The van der Waals surface area contributed by atoms with Gasteiger partial charge in [-0.3, -0.25) is 4.57 Å². The second-order valence-corrected chi connectivity index (χ2v) is 6.24. The Kier molecular flexibility index (Phi) is 3.59. The lowest BCUT2D eigenvalue weighted by molar-refractivity contribution is 0.622. The highest BCUT2D eigenvalue weighted by atomic mass is 127. The van der Waals surface area contributed by atoms with E-state index in [1.54, 1.807) is 22.4 Å². The summed E-state index contributed by atoms with van der Waals surface area (Å²) in [5.41, 5.74) is 8.32. The first kappa shape index (κ1) is 13.7. The summed E-state index contributed by atoms with van der Waals surface area (Å²) in [4.78, 5) is 5.39. The summed E-state index contributed by atoms with van der Waals surface area (Å²) in [6.07, 6.45) is 2.00. The van der Waals surface area contributed by atoms with Gasteiger partial charge in [0.05, 0.1) is 20.3 Å². The van der Waals surface area contributed by atoms with Crippen LogP contribution in [-0.4, -0.2) is 15.8 Å². The first-order valence-electron chi connectivity index (χ1n) is 5.88. The van der Waals surface area contributed by atoms with E-state index >= 15 is 0 Å². The Balaban J connectivity index is 2.36. The Labute approximate surface area is 133 Å². The number of fused-ring (bicyclic) bond motifs is 1. The quantitative estimate of drug-likeness (QED) is 0.522. The van der Waals surface area contributed by atoms with E-state index in [2.05, 4.69) is 4.98 Å². The van der Waals surface area contributed by atoms with Crippen molar-refractivity contribution in [1.82, 2.24) is 9.55 Å². The van der Waals surface area contributed by atoms with E-state index in [1.165, 1.54) is 6.07 Å². The smallest absolute Gasteiger partial charge is 0.205 e. The van der Waals surface area contributed by atoms with Gasteiger partial charge in [0.2, 0.25) is 5.95 Å². The van der Waals surface area contributed by atoms with Crippen LogP contribution in [0.2, 0.25) is 0 Å². The standard InChI is InChI=1S/C14H11FIN3S/c1-20-13-5-3-2-4-11(13)19-12-6-8(15)9(16)7-10(12)18-14(19)17/h2-7H,1H3,(H2,17,18). The molecule has 2 N–H and O–H groups in total. The number of benzene rings is 2. The second-order valence-electron chi connectivity index (χ2n) is 4.23. The zero-order chi connectivity index (χ0) is 14.3. The van der Waals surface area contributed by atoms with Gasteiger partial charge < -0.3 is 5.73 Å². The van der Waals surface area contributed by atoms with Crippen molar-refractivity contribution >= 4 is 51.3 Å². The molecule has 0 radical (unpaired) electrons. The van der Waals surface area contributed by atoms with Crippen LogP contribution in [0.4, 0.5) is 10.3 Å². The minimum absolute atomic E-state index is 0.263. The van der Waals surface area contributed by atoms with E-state index in [4.69, 9.17) is 5.73 Å². The van der Waals surface area contributed by atoms with Crippen molar-refractivity contribution in [2.24, 2.45) is 0 Å². The van der Waals surface area contributed by atoms with E-state index in [0.717, 1.165) is 10.6 Å². The molecule has 0 unspecified atom stereocenters. The maximum atomic E-state index is 13.8. The number of imidazole rings is 1. The van der Waals surface area contributed by atoms with Crippen LogP contribution >= 0.6 is 34.4 Å². The van der Waals surface area contributed by atoms with Crippen LogP contribution in [-0.2, 0) is 0 Å². The molecule has 1 aromatic heterocycles. The summed E-state index contributed by atoms with van der Waals surface area (Å²) in [6, 6.07) is 11.1. The van der Waals surface area contributed by atoms with Crippen LogP contribution in [0.15, 0.2) is 41.3 Å². The lowest BCUT2D eigenvalue weighted by atomic mass is 10.2. The Morgan fingerprint density at radius 3 is 2.80 bits per heavy atom. The van der Waals surface area contributed by atoms with Gasteiger partial charge >= 0.3 is 0 Å². The summed E-state index contributed by atoms with van der Waals surface area (Å²) < 4.78 is 16.2. The number of thioether (sulfide) groups is 1. The number of para-hydroxylation sites is 1. The van der Waals surface area contributed by atoms with E-state index in [1.807, 2.05) is 53.1 Å². The number of hydrogen-bond donors (Lipinski definition) is 1. The van der Waals surface area contributed by atoms with Crippen molar-refractivity contribution in [1.29, 1.82) is 0 Å². The second kappa shape index (κ2) is 5.25. The lowest BCUT2D eigenvalue weighted by Crippen LogP contribution is -2.02. The van der Waals surface area contributed by atoms with E-state index in [9.17, 15) is 4.39 Å². The molecule has 20 heavy (non-hydrogen) atoms. The highest BCUT2D eigenvalue weighted by Gasteiger charge is 2.14. The molecule has 0 bridgehead atoms. The Morgan fingerprint density at radius 2 is 2.05 bits per heavy atom. The van der Waals surface area contributed by atoms with Gasteiger partial charge in [-0.1, -0.05) is 12.1 Å². The largest absolute Gasteiger partial charge is 0.369 e. The van der Waals surface area contributed by atoms with Gasteiger partial charge in [-0.15, -0.1) is 11.8 Å². The van der Waals surface area contributed by atoms with Gasteiger partial charge in [0, 0.05) is 11.0 Å². The summed E-state index contributed by atoms with van der Waals surface area (Å²) in [7, 11) is 0. The average Bonchev–Trinajstić information content (AvgIpc) is 2.74. The first-order valence-corrected chi connectivity index (χ1v) is 8.18. The number of aromatic nitrogens is 2. The molecule has 3 nitrogen and oxygen atoms in total. The van der Waals surface area contributed by atoms with E-state index in [0.29, 0.717) is 20.6 Å². The molecule has 0 saturated heterocycles. The lowest BCUT2D eigenvalue weighted by Gasteiger charge is -2.10. The molecule has 0 atom stereocenters. The molecule has 0 saturated carbocycles. The predicted molar refractivity (Wildman–Crippen MR) is 89.9 cm³/mol. The number of anilines is 1. The van der Waals surface area contributed by atoms with Gasteiger partial charge in [-0.2, -0.15) is 0 Å². The maximum Gasteiger partial charge on any atom is 0.205 e. The SMILES string of the molecule is CSc1ccccc1-n1c(N)nc2cc(I)c(F)cc21. The Bertz CT molecular complexity index is 800. The number of hydrogen-bond acceptors (Lipinski definition) is 3. The van der Waals surface area contributed by atoms with Gasteiger partial charge in [0.1, 0.15) is 5.82 Å². The fourth-order valence-electron chi connectivity index (χ4n) is 2.16. The zero-order valence-corrected chi connectivity index (χ0v) is 13.6. The van der Waals surface area contributed by atoms with Crippen molar-refractivity contribution < 1.29 is 4.39 Å². The van der Waals surface area contributed by atoms with Crippen molar-refractivity contribution in [2.45, 2.75) is 4.90 Å². The third-order valence-electron chi connectivity index (χ3n) is 3.05. The number of nitrogens with two attached hydrogens (primary N) is 1. The molecule has 0 aliphatic heterocycles. The van der Waals surface area contributed by atoms with Gasteiger partial charge in [0.25, 0.3) is 0 Å². The predicted octanol–water partition coefficient (Wildman–Crippen LogP) is 4.07. The van der Waals surface area contributed by atoms with Crippen molar-refractivity contribution in [3.63, 3.8) is 0 Å². The molecule has 0 aliphatic rings. The van der Waals surface area contributed by atoms with Crippen molar-refractivity contribution in [3.8, 4) is 5.69 Å². The summed E-state index contributed by atoms with van der Waals surface area (Å²) in [5.74, 6) is 0.101. The molecule has 1 heterocycles. The zero-order valence-electron chi connectivity index (χ0n) is 10.6. The Morgan fingerprint density at radius 1 is 1.30 bits per heavy atom. The van der Waals surface area contributed by atoms with E-state index < -0.39 is 0 Å². The summed E-state index contributed by atoms with van der Waals surface area (Å²) >= 11 is 3.57. The van der Waals surface area contributed by atoms with Crippen molar-refractivity contribution in [3.05, 3.63) is 45.8 Å². The van der Waals surface area contributed by atoms with Crippen LogP contribution in [0.5, 0.6) is 0 Å². The first-order chi connectivity index (χ1) is 9.61. The number of rotatable bonds is 2.